The Morgan fingerprint density at radius 1 is 0.818 bits per heavy atom. The van der Waals surface area contributed by atoms with E-state index in [1.54, 1.807) is 0 Å². The molecule has 0 amide bonds. The van der Waals surface area contributed by atoms with E-state index in [1.807, 2.05) is 0 Å². The normalized spacial score (nSPS) is 2.18. The maximum Gasteiger partial charge on any atom is 2.00 e. The van der Waals surface area contributed by atoms with Crippen LogP contribution in [0.1, 0.15) is 0 Å². The smallest absolute Gasteiger partial charge is 1.00 e. The Balaban J connectivity index is -0.00000000400. The third-order valence-corrected chi connectivity index (χ3v) is 0. The summed E-state index contributed by atoms with van der Waals surface area (Å²) in [5.41, 5.74) is 0. The quantitative estimate of drug-likeness (QED) is 0.316. The van der Waals surface area contributed by atoms with Crippen LogP contribution < -0.4 is 34.0 Å². The molecule has 11 heavy (non-hydrogen) atoms. The molecule has 0 unspecified atom stereocenters. The van der Waals surface area contributed by atoms with Gasteiger partial charge in [-0.15, -0.1) is 0 Å². The van der Waals surface area contributed by atoms with Crippen molar-refractivity contribution >= 4 is 46.1 Å². The van der Waals surface area contributed by atoms with Crippen LogP contribution in [-0.4, -0.2) is 51.6 Å². The number of allylic oxidation sites excluding steroid dienone is 2. The van der Waals surface area contributed by atoms with E-state index in [2.05, 4.69) is 27.0 Å². The third kappa shape index (κ3) is 390. The molecule has 0 rings (SSSR count). The maximum atomic E-state index is 3.25. The fourth-order valence-corrected chi connectivity index (χ4v) is 0. The van der Waals surface area contributed by atoms with Gasteiger partial charge < -0.3 is 39.4 Å². The van der Waals surface area contributed by atoms with E-state index in [9.17, 15) is 0 Å². The van der Waals surface area contributed by atoms with Crippen molar-refractivity contribution in [2.75, 3.05) is 0 Å². The summed E-state index contributed by atoms with van der Waals surface area (Å²) in [7, 11) is 0. The van der Waals surface area contributed by atoms with Crippen molar-refractivity contribution in [2.45, 2.75) is 0 Å². The van der Waals surface area contributed by atoms with Gasteiger partial charge in [-0.05, 0) is 0 Å². The zero-order valence-electron chi connectivity index (χ0n) is 6.65. The molecule has 0 aliphatic rings. The Kier molecular flexibility index (Phi) is 481. The van der Waals surface area contributed by atoms with Crippen molar-refractivity contribution in [1.29, 1.82) is 0 Å². The number of hydrogen-bond acceptors (Lipinski definition) is 0. The van der Waals surface area contributed by atoms with Crippen molar-refractivity contribution < 1.29 is 39.4 Å². The Hall–Kier alpha value is 1.67. The summed E-state index contributed by atoms with van der Waals surface area (Å²) in [6.07, 6.45) is 3.00. The van der Waals surface area contributed by atoms with E-state index < -0.39 is 0 Å². The van der Waals surface area contributed by atoms with Crippen molar-refractivity contribution in [3.05, 3.63) is 39.2 Å². The Morgan fingerprint density at radius 3 is 0.818 bits per heavy atom. The molecule has 2 N–H and O–H groups in total. The van der Waals surface area contributed by atoms with Crippen LogP contribution in [0.2, 0.25) is 0 Å². The minimum Gasteiger partial charge on any atom is -1.00 e. The van der Waals surface area contributed by atoms with Crippen molar-refractivity contribution in [2.24, 2.45) is 0 Å². The molecule has 0 aromatic heterocycles. The molecule has 0 aromatic rings. The second kappa shape index (κ2) is 98.6. The topological polar surface area (TPSA) is 31.5 Å². The third-order valence-electron chi connectivity index (χ3n) is 0. The van der Waals surface area contributed by atoms with Crippen LogP contribution in [0.4, 0.5) is 0 Å². The first-order valence-corrected chi connectivity index (χ1v) is 1.63. The minimum atomic E-state index is 0. The van der Waals surface area contributed by atoms with Gasteiger partial charge in [0.05, 0.1) is 0 Å². The van der Waals surface area contributed by atoms with Gasteiger partial charge in [-0.1, -0.05) is 0 Å². The van der Waals surface area contributed by atoms with E-state index in [0.29, 0.717) is 0 Å². The van der Waals surface area contributed by atoms with E-state index >= 15 is 0 Å². The average molecular weight is 309 g/mol. The number of halogens is 2. The molecule has 0 aromatic carbocycles. The van der Waals surface area contributed by atoms with Gasteiger partial charge in [-0.3, -0.25) is 0 Å². The SMILES string of the molecule is C=C[CH2-].C=C[CH2-].O.[Br-].[Br-].[Mg+2].[Mg+2]. The molecule has 0 spiro atoms. The van der Waals surface area contributed by atoms with Crippen LogP contribution in [-0.2, 0) is 0 Å². The second-order valence-electron chi connectivity index (χ2n) is 0.577. The van der Waals surface area contributed by atoms with E-state index in [1.165, 1.54) is 12.2 Å². The molecule has 0 radical (unpaired) electrons. The predicted molar refractivity (Wildman–Crippen MR) is 46.2 cm³/mol. The van der Waals surface area contributed by atoms with Gasteiger partial charge in [0.25, 0.3) is 0 Å². The average Bonchev–Trinajstić information content (AvgIpc) is 1.39. The van der Waals surface area contributed by atoms with Gasteiger partial charge in [0, 0.05) is 0 Å². The molecular weight excluding hydrogens is 296 g/mol. The summed E-state index contributed by atoms with van der Waals surface area (Å²) in [5.74, 6) is 0. The molecular formula is C6H12Br2Mg2O. The van der Waals surface area contributed by atoms with Crippen LogP contribution in [0.5, 0.6) is 0 Å². The summed E-state index contributed by atoms with van der Waals surface area (Å²) in [4.78, 5) is 0. The van der Waals surface area contributed by atoms with Gasteiger partial charge >= 0.3 is 46.1 Å². The minimum absolute atomic E-state index is 0. The fraction of sp³-hybridized carbons (Fsp3) is 0. The largest absolute Gasteiger partial charge is 2.00 e. The van der Waals surface area contributed by atoms with Crippen LogP contribution in [0.3, 0.4) is 0 Å². The molecule has 60 valence electrons. The summed E-state index contributed by atoms with van der Waals surface area (Å²) in [5, 5.41) is 0. The summed E-state index contributed by atoms with van der Waals surface area (Å²) in [6.45, 7) is 13.0. The van der Waals surface area contributed by atoms with E-state index in [0.717, 1.165) is 0 Å². The van der Waals surface area contributed by atoms with Gasteiger partial charge in [0.15, 0.2) is 0 Å². The summed E-state index contributed by atoms with van der Waals surface area (Å²) >= 11 is 0. The van der Waals surface area contributed by atoms with Gasteiger partial charge in [-0.2, -0.15) is 0 Å². The zero-order chi connectivity index (χ0) is 5.41. The van der Waals surface area contributed by atoms with Crippen molar-refractivity contribution in [3.63, 3.8) is 0 Å². The maximum absolute atomic E-state index is 3.25. The first-order chi connectivity index (χ1) is 2.83. The van der Waals surface area contributed by atoms with Gasteiger partial charge in [0.2, 0.25) is 0 Å². The molecule has 0 bridgehead atoms. The van der Waals surface area contributed by atoms with E-state index in [4.69, 9.17) is 0 Å². The van der Waals surface area contributed by atoms with Gasteiger partial charge in [0.1, 0.15) is 0 Å². The van der Waals surface area contributed by atoms with Crippen molar-refractivity contribution in [1.82, 2.24) is 0 Å². The fourth-order valence-electron chi connectivity index (χ4n) is 0. The monoisotopic (exact) mass is 306 g/mol. The molecule has 0 heterocycles. The Labute approximate surface area is 123 Å². The van der Waals surface area contributed by atoms with Crippen LogP contribution in [0, 0.1) is 13.8 Å². The molecule has 0 saturated heterocycles. The molecule has 1 nitrogen and oxygen atoms in total. The number of hydrogen-bond donors (Lipinski definition) is 0. The first-order valence-electron chi connectivity index (χ1n) is 1.63. The van der Waals surface area contributed by atoms with Gasteiger partial charge in [-0.25, -0.2) is 39.2 Å². The molecule has 0 aliphatic heterocycles. The summed E-state index contributed by atoms with van der Waals surface area (Å²) < 4.78 is 0. The van der Waals surface area contributed by atoms with Crippen molar-refractivity contribution in [3.8, 4) is 0 Å². The standard InChI is InChI=1S/2C3H5.2BrH.2Mg.H2O/c2*1-3-2;;;;;/h2*3H,1-2H2;2*1H;;;1H2/q2*-1;;;2*+2;/p-2. The number of rotatable bonds is 0. The van der Waals surface area contributed by atoms with Crippen LogP contribution in [0.15, 0.2) is 25.3 Å². The second-order valence-corrected chi connectivity index (χ2v) is 0.577. The summed E-state index contributed by atoms with van der Waals surface area (Å²) in [6, 6.07) is 0. The predicted octanol–water partition coefficient (Wildman–Crippen LogP) is -5.57. The Bertz CT molecular complexity index is 39.6. The van der Waals surface area contributed by atoms with E-state index in [-0.39, 0.29) is 85.5 Å². The van der Waals surface area contributed by atoms with Crippen LogP contribution in [0.25, 0.3) is 0 Å². The zero-order valence-corrected chi connectivity index (χ0v) is 12.7. The molecule has 0 aliphatic carbocycles. The molecule has 0 fully saturated rings. The molecule has 0 saturated carbocycles. The first kappa shape index (κ1) is 53.7. The molecule has 5 heteroatoms. The van der Waals surface area contributed by atoms with Crippen LogP contribution >= 0.6 is 0 Å². The molecule has 0 atom stereocenters. The Morgan fingerprint density at radius 2 is 0.818 bits per heavy atom.